The third-order valence-corrected chi connectivity index (χ3v) is 3.22. The van der Waals surface area contributed by atoms with E-state index in [0.717, 1.165) is 43.7 Å². The van der Waals surface area contributed by atoms with Gasteiger partial charge >= 0.3 is 0 Å². The first kappa shape index (κ1) is 12.3. The molecule has 1 saturated heterocycles. The molecule has 0 saturated carbocycles. The molecule has 1 unspecified atom stereocenters. The predicted octanol–water partition coefficient (Wildman–Crippen LogP) is 1.44. The van der Waals surface area contributed by atoms with E-state index in [2.05, 4.69) is 10.3 Å². The zero-order chi connectivity index (χ0) is 12.1. The minimum Gasteiger partial charge on any atom is -0.492 e. The van der Waals surface area contributed by atoms with E-state index in [0.29, 0.717) is 6.61 Å². The van der Waals surface area contributed by atoms with Crippen LogP contribution in [0.1, 0.15) is 31.7 Å². The smallest absolute Gasteiger partial charge is 0.137 e. The number of nitrogens with zero attached hydrogens (tertiary/aromatic N) is 1. The van der Waals surface area contributed by atoms with Crippen LogP contribution in [-0.4, -0.2) is 29.8 Å². The van der Waals surface area contributed by atoms with E-state index >= 15 is 0 Å². The van der Waals surface area contributed by atoms with Crippen molar-refractivity contribution in [2.75, 3.05) is 19.7 Å². The molecular weight excluding hydrogens is 216 g/mol. The van der Waals surface area contributed by atoms with Gasteiger partial charge in [-0.15, -0.1) is 0 Å². The lowest BCUT2D eigenvalue weighted by atomic mass is 9.88. The highest BCUT2D eigenvalue weighted by Gasteiger charge is 2.30. The SMILES string of the molecule is CCOc1cncc(C2(O)CCCNCC2)c1. The first-order valence-corrected chi connectivity index (χ1v) is 6.26. The minimum atomic E-state index is -0.760. The summed E-state index contributed by atoms with van der Waals surface area (Å²) in [7, 11) is 0. The van der Waals surface area contributed by atoms with Gasteiger partial charge in [0, 0.05) is 11.8 Å². The van der Waals surface area contributed by atoms with Gasteiger partial charge in [-0.25, -0.2) is 0 Å². The van der Waals surface area contributed by atoms with Crippen molar-refractivity contribution >= 4 is 0 Å². The van der Waals surface area contributed by atoms with E-state index in [4.69, 9.17) is 4.74 Å². The first-order valence-electron chi connectivity index (χ1n) is 6.26. The molecule has 17 heavy (non-hydrogen) atoms. The van der Waals surface area contributed by atoms with Crippen LogP contribution in [0.4, 0.5) is 0 Å². The quantitative estimate of drug-likeness (QED) is 0.834. The average molecular weight is 236 g/mol. The molecule has 0 spiro atoms. The van der Waals surface area contributed by atoms with Crippen molar-refractivity contribution in [2.45, 2.75) is 31.8 Å². The number of ether oxygens (including phenoxy) is 1. The topological polar surface area (TPSA) is 54.4 Å². The zero-order valence-corrected chi connectivity index (χ0v) is 10.3. The van der Waals surface area contributed by atoms with Gasteiger partial charge in [0.1, 0.15) is 5.75 Å². The summed E-state index contributed by atoms with van der Waals surface area (Å²) in [6.45, 7) is 4.37. The van der Waals surface area contributed by atoms with Gasteiger partial charge in [-0.2, -0.15) is 0 Å². The van der Waals surface area contributed by atoms with Gasteiger partial charge < -0.3 is 15.2 Å². The van der Waals surface area contributed by atoms with Crippen molar-refractivity contribution in [3.8, 4) is 5.75 Å². The number of hydrogen-bond donors (Lipinski definition) is 2. The second-order valence-corrected chi connectivity index (χ2v) is 4.48. The largest absolute Gasteiger partial charge is 0.492 e. The van der Waals surface area contributed by atoms with Crippen molar-refractivity contribution in [3.63, 3.8) is 0 Å². The minimum absolute atomic E-state index is 0.616. The Balaban J connectivity index is 2.21. The molecule has 0 amide bonds. The molecule has 0 aromatic carbocycles. The van der Waals surface area contributed by atoms with Crippen LogP contribution in [0.3, 0.4) is 0 Å². The average Bonchev–Trinajstić information content (AvgIpc) is 2.56. The Labute approximate surface area is 102 Å². The maximum atomic E-state index is 10.7. The summed E-state index contributed by atoms with van der Waals surface area (Å²) in [6, 6.07) is 1.90. The molecule has 94 valence electrons. The fourth-order valence-electron chi connectivity index (χ4n) is 2.26. The van der Waals surface area contributed by atoms with Crippen molar-refractivity contribution in [3.05, 3.63) is 24.0 Å². The number of nitrogens with one attached hydrogen (secondary N) is 1. The number of aliphatic hydroxyl groups is 1. The standard InChI is InChI=1S/C13H20N2O2/c1-2-17-12-8-11(9-15-10-12)13(16)4-3-6-14-7-5-13/h8-10,14,16H,2-7H2,1H3. The highest BCUT2D eigenvalue weighted by atomic mass is 16.5. The summed E-state index contributed by atoms with van der Waals surface area (Å²) in [5.74, 6) is 0.732. The van der Waals surface area contributed by atoms with E-state index in [1.54, 1.807) is 12.4 Å². The molecule has 1 aromatic rings. The van der Waals surface area contributed by atoms with E-state index in [9.17, 15) is 5.11 Å². The Hall–Kier alpha value is -1.13. The zero-order valence-electron chi connectivity index (χ0n) is 10.3. The maximum absolute atomic E-state index is 10.7. The fraction of sp³-hybridized carbons (Fsp3) is 0.615. The molecule has 2 rings (SSSR count). The van der Waals surface area contributed by atoms with Gasteiger partial charge in [0.2, 0.25) is 0 Å². The summed E-state index contributed by atoms with van der Waals surface area (Å²) in [4.78, 5) is 4.15. The molecule has 1 aromatic heterocycles. The second kappa shape index (κ2) is 5.47. The molecule has 1 atom stereocenters. The number of aromatic nitrogens is 1. The molecule has 1 aliphatic rings. The maximum Gasteiger partial charge on any atom is 0.137 e. The lowest BCUT2D eigenvalue weighted by Crippen LogP contribution is -2.27. The van der Waals surface area contributed by atoms with Gasteiger partial charge in [-0.05, 0) is 45.3 Å². The van der Waals surface area contributed by atoms with Crippen LogP contribution in [0.15, 0.2) is 18.5 Å². The van der Waals surface area contributed by atoms with Crippen LogP contribution >= 0.6 is 0 Å². The van der Waals surface area contributed by atoms with Crippen molar-refractivity contribution < 1.29 is 9.84 Å². The molecule has 0 bridgehead atoms. The van der Waals surface area contributed by atoms with E-state index in [-0.39, 0.29) is 0 Å². The summed E-state index contributed by atoms with van der Waals surface area (Å²) in [6.07, 6.45) is 5.91. The molecule has 4 nitrogen and oxygen atoms in total. The Kier molecular flexibility index (Phi) is 3.97. The first-order chi connectivity index (χ1) is 8.24. The molecule has 4 heteroatoms. The van der Waals surface area contributed by atoms with Gasteiger partial charge in [-0.1, -0.05) is 0 Å². The fourth-order valence-corrected chi connectivity index (χ4v) is 2.26. The number of rotatable bonds is 3. The van der Waals surface area contributed by atoms with E-state index < -0.39 is 5.60 Å². The third kappa shape index (κ3) is 2.96. The predicted molar refractivity (Wildman–Crippen MR) is 66.0 cm³/mol. The molecule has 2 N–H and O–H groups in total. The molecule has 1 aliphatic heterocycles. The normalized spacial score (nSPS) is 25.3. The van der Waals surface area contributed by atoms with Crippen LogP contribution in [0.2, 0.25) is 0 Å². The van der Waals surface area contributed by atoms with Crippen molar-refractivity contribution in [2.24, 2.45) is 0 Å². The Morgan fingerprint density at radius 3 is 3.12 bits per heavy atom. The van der Waals surface area contributed by atoms with Crippen LogP contribution in [0.5, 0.6) is 5.75 Å². The summed E-state index contributed by atoms with van der Waals surface area (Å²) in [5, 5.41) is 14.0. The lowest BCUT2D eigenvalue weighted by Gasteiger charge is -2.26. The van der Waals surface area contributed by atoms with Crippen molar-refractivity contribution in [1.82, 2.24) is 10.3 Å². The van der Waals surface area contributed by atoms with Gasteiger partial charge in [0.25, 0.3) is 0 Å². The van der Waals surface area contributed by atoms with Gasteiger partial charge in [0.15, 0.2) is 0 Å². The Morgan fingerprint density at radius 2 is 2.29 bits per heavy atom. The summed E-state index contributed by atoms with van der Waals surface area (Å²) in [5.41, 5.74) is 0.107. The highest BCUT2D eigenvalue weighted by molar-refractivity contribution is 5.28. The summed E-state index contributed by atoms with van der Waals surface area (Å²) >= 11 is 0. The van der Waals surface area contributed by atoms with Gasteiger partial charge in [-0.3, -0.25) is 4.98 Å². The molecular formula is C13H20N2O2. The molecule has 2 heterocycles. The van der Waals surface area contributed by atoms with Crippen LogP contribution in [0.25, 0.3) is 0 Å². The Morgan fingerprint density at radius 1 is 1.41 bits per heavy atom. The highest BCUT2D eigenvalue weighted by Crippen LogP contribution is 2.32. The summed E-state index contributed by atoms with van der Waals surface area (Å²) < 4.78 is 5.42. The second-order valence-electron chi connectivity index (χ2n) is 4.48. The molecule has 1 fully saturated rings. The van der Waals surface area contributed by atoms with Crippen LogP contribution in [-0.2, 0) is 5.60 Å². The van der Waals surface area contributed by atoms with Gasteiger partial charge in [0.05, 0.1) is 18.4 Å². The van der Waals surface area contributed by atoms with E-state index in [1.807, 2.05) is 13.0 Å². The monoisotopic (exact) mass is 236 g/mol. The van der Waals surface area contributed by atoms with Crippen LogP contribution < -0.4 is 10.1 Å². The molecule has 0 aliphatic carbocycles. The number of pyridine rings is 1. The Bertz CT molecular complexity index is 360. The third-order valence-electron chi connectivity index (χ3n) is 3.22. The molecule has 0 radical (unpaired) electrons. The van der Waals surface area contributed by atoms with E-state index in [1.165, 1.54) is 0 Å². The number of hydrogen-bond acceptors (Lipinski definition) is 4. The lowest BCUT2D eigenvalue weighted by molar-refractivity contribution is 0.0234. The van der Waals surface area contributed by atoms with Crippen molar-refractivity contribution in [1.29, 1.82) is 0 Å². The van der Waals surface area contributed by atoms with Crippen LogP contribution in [0, 0.1) is 0 Å².